The molecule has 0 aliphatic heterocycles. The third-order valence-corrected chi connectivity index (χ3v) is 2.71. The molecule has 6 heteroatoms. The van der Waals surface area contributed by atoms with E-state index in [9.17, 15) is 0 Å². The fraction of sp³-hybridized carbons (Fsp3) is 0.286. The van der Waals surface area contributed by atoms with Crippen molar-refractivity contribution in [2.75, 3.05) is 6.54 Å². The highest BCUT2D eigenvalue weighted by atomic mass is 79.9. The summed E-state index contributed by atoms with van der Waals surface area (Å²) in [7, 11) is 0. The Bertz CT molecular complexity index is 238. The molecule has 1 rings (SSSR count). The fourth-order valence-electron chi connectivity index (χ4n) is 0.821. The van der Waals surface area contributed by atoms with Gasteiger partial charge in [0.1, 0.15) is 0 Å². The van der Waals surface area contributed by atoms with E-state index in [0.29, 0.717) is 6.54 Å². The molecule has 13 heavy (non-hydrogen) atoms. The molecule has 0 aliphatic rings. The number of rotatable bonds is 2. The SMILES string of the molecule is Cl.Cl.NCCc1c(Br)cncc1Br. The smallest absolute Gasteiger partial charge is 0.0413 e. The lowest BCUT2D eigenvalue weighted by molar-refractivity contribution is 0.950. The fourth-order valence-corrected chi connectivity index (χ4v) is 2.15. The van der Waals surface area contributed by atoms with Crippen LogP contribution in [0.3, 0.4) is 0 Å². The minimum atomic E-state index is 0. The maximum absolute atomic E-state index is 5.44. The van der Waals surface area contributed by atoms with Crippen molar-refractivity contribution in [2.45, 2.75) is 6.42 Å². The number of pyridine rings is 1. The molecule has 0 bridgehead atoms. The van der Waals surface area contributed by atoms with Gasteiger partial charge in [0, 0.05) is 21.3 Å². The molecule has 76 valence electrons. The third kappa shape index (κ3) is 4.61. The molecule has 0 saturated heterocycles. The Kier molecular flexibility index (Phi) is 9.90. The highest BCUT2D eigenvalue weighted by Gasteiger charge is 2.02. The molecule has 0 aliphatic carbocycles. The summed E-state index contributed by atoms with van der Waals surface area (Å²) in [6.07, 6.45) is 4.41. The first-order valence-corrected chi connectivity index (χ1v) is 4.82. The van der Waals surface area contributed by atoms with Crippen LogP contribution in [0.25, 0.3) is 0 Å². The lowest BCUT2D eigenvalue weighted by Crippen LogP contribution is -2.04. The van der Waals surface area contributed by atoms with E-state index in [1.54, 1.807) is 12.4 Å². The number of nitrogens with zero attached hydrogens (tertiary/aromatic N) is 1. The summed E-state index contributed by atoms with van der Waals surface area (Å²) in [6, 6.07) is 0. The molecular formula is C7H10Br2Cl2N2. The van der Waals surface area contributed by atoms with Gasteiger partial charge in [-0.3, -0.25) is 4.98 Å². The maximum atomic E-state index is 5.44. The Balaban J connectivity index is 0. The standard InChI is InChI=1S/C7H8Br2N2.2ClH/c8-6-3-11-4-7(9)5(6)1-2-10;;/h3-4H,1-2,10H2;2*1H. The molecular weight excluding hydrogens is 343 g/mol. The minimum Gasteiger partial charge on any atom is -0.330 e. The number of aromatic nitrogens is 1. The Morgan fingerprint density at radius 2 is 1.62 bits per heavy atom. The molecule has 2 nitrogen and oxygen atoms in total. The van der Waals surface area contributed by atoms with Crippen LogP contribution >= 0.6 is 56.7 Å². The van der Waals surface area contributed by atoms with Crippen LogP contribution in [0.2, 0.25) is 0 Å². The molecule has 1 aromatic rings. The largest absolute Gasteiger partial charge is 0.330 e. The molecule has 0 saturated carbocycles. The first kappa shape index (κ1) is 16.1. The second-order valence-corrected chi connectivity index (χ2v) is 3.83. The van der Waals surface area contributed by atoms with Crippen molar-refractivity contribution in [1.29, 1.82) is 0 Å². The first-order chi connectivity index (χ1) is 5.25. The van der Waals surface area contributed by atoms with E-state index in [0.717, 1.165) is 15.4 Å². The van der Waals surface area contributed by atoms with E-state index < -0.39 is 0 Å². The summed E-state index contributed by atoms with van der Waals surface area (Å²) in [5, 5.41) is 0. The quantitative estimate of drug-likeness (QED) is 0.888. The van der Waals surface area contributed by atoms with Crippen LogP contribution in [0.5, 0.6) is 0 Å². The summed E-state index contributed by atoms with van der Waals surface area (Å²) >= 11 is 6.80. The number of halogens is 4. The van der Waals surface area contributed by atoms with Gasteiger partial charge in [-0.15, -0.1) is 24.8 Å². The van der Waals surface area contributed by atoms with Crippen molar-refractivity contribution in [3.05, 3.63) is 26.9 Å². The average Bonchev–Trinajstić information content (AvgIpc) is 1.97. The van der Waals surface area contributed by atoms with Crippen LogP contribution in [0.4, 0.5) is 0 Å². The third-order valence-electron chi connectivity index (χ3n) is 1.35. The molecule has 0 radical (unpaired) electrons. The summed E-state index contributed by atoms with van der Waals surface area (Å²) in [5.41, 5.74) is 6.62. The van der Waals surface area contributed by atoms with E-state index in [4.69, 9.17) is 5.73 Å². The van der Waals surface area contributed by atoms with Gasteiger partial charge >= 0.3 is 0 Å². The molecule has 0 fully saturated rings. The van der Waals surface area contributed by atoms with Crippen molar-refractivity contribution < 1.29 is 0 Å². The zero-order chi connectivity index (χ0) is 8.27. The van der Waals surface area contributed by atoms with Gasteiger partial charge in [-0.1, -0.05) is 0 Å². The Morgan fingerprint density at radius 3 is 2.00 bits per heavy atom. The van der Waals surface area contributed by atoms with E-state index in [1.807, 2.05) is 0 Å². The van der Waals surface area contributed by atoms with Gasteiger partial charge in [-0.05, 0) is 50.4 Å². The van der Waals surface area contributed by atoms with Crippen LogP contribution in [-0.2, 0) is 6.42 Å². The summed E-state index contributed by atoms with van der Waals surface area (Å²) in [5.74, 6) is 0. The predicted octanol–water partition coefficient (Wildman–Crippen LogP) is 2.95. The lowest BCUT2D eigenvalue weighted by atomic mass is 10.2. The number of hydrogen-bond donors (Lipinski definition) is 1. The van der Waals surface area contributed by atoms with Gasteiger partial charge in [0.15, 0.2) is 0 Å². The van der Waals surface area contributed by atoms with Crippen LogP contribution in [0.1, 0.15) is 5.56 Å². The summed E-state index contributed by atoms with van der Waals surface area (Å²) in [4.78, 5) is 3.99. The average molecular weight is 353 g/mol. The Morgan fingerprint density at radius 1 is 1.15 bits per heavy atom. The van der Waals surface area contributed by atoms with Crippen LogP contribution in [0.15, 0.2) is 21.3 Å². The minimum absolute atomic E-state index is 0. The number of hydrogen-bond acceptors (Lipinski definition) is 2. The molecule has 0 aromatic carbocycles. The van der Waals surface area contributed by atoms with Gasteiger partial charge in [-0.25, -0.2) is 0 Å². The molecule has 0 atom stereocenters. The van der Waals surface area contributed by atoms with Gasteiger partial charge in [0.2, 0.25) is 0 Å². The second kappa shape index (κ2) is 8.00. The van der Waals surface area contributed by atoms with Crippen molar-refractivity contribution in [3.8, 4) is 0 Å². The molecule has 0 amide bonds. The predicted molar refractivity (Wildman–Crippen MR) is 66.9 cm³/mol. The molecule has 0 spiro atoms. The lowest BCUT2D eigenvalue weighted by Gasteiger charge is -2.03. The topological polar surface area (TPSA) is 38.9 Å². The van der Waals surface area contributed by atoms with Gasteiger partial charge in [0.05, 0.1) is 0 Å². The first-order valence-electron chi connectivity index (χ1n) is 3.23. The number of nitrogens with two attached hydrogens (primary N) is 1. The Labute approximate surface area is 107 Å². The van der Waals surface area contributed by atoms with Crippen LogP contribution in [0, 0.1) is 0 Å². The summed E-state index contributed by atoms with van der Waals surface area (Å²) < 4.78 is 2.02. The van der Waals surface area contributed by atoms with E-state index in [2.05, 4.69) is 36.8 Å². The van der Waals surface area contributed by atoms with Gasteiger partial charge < -0.3 is 5.73 Å². The van der Waals surface area contributed by atoms with E-state index in [-0.39, 0.29) is 24.8 Å². The summed E-state index contributed by atoms with van der Waals surface area (Å²) in [6.45, 7) is 0.654. The van der Waals surface area contributed by atoms with Crippen molar-refractivity contribution in [2.24, 2.45) is 5.73 Å². The zero-order valence-corrected chi connectivity index (χ0v) is 11.5. The molecule has 1 aromatic heterocycles. The normalized spacial score (nSPS) is 8.54. The Hall–Kier alpha value is 0.650. The monoisotopic (exact) mass is 350 g/mol. The van der Waals surface area contributed by atoms with Crippen molar-refractivity contribution in [1.82, 2.24) is 4.98 Å². The molecule has 1 heterocycles. The van der Waals surface area contributed by atoms with Gasteiger partial charge in [0.25, 0.3) is 0 Å². The van der Waals surface area contributed by atoms with E-state index in [1.165, 1.54) is 5.56 Å². The highest BCUT2D eigenvalue weighted by Crippen LogP contribution is 2.23. The maximum Gasteiger partial charge on any atom is 0.0413 e. The van der Waals surface area contributed by atoms with E-state index >= 15 is 0 Å². The van der Waals surface area contributed by atoms with Crippen molar-refractivity contribution >= 4 is 56.7 Å². The van der Waals surface area contributed by atoms with Crippen LogP contribution in [-0.4, -0.2) is 11.5 Å². The highest BCUT2D eigenvalue weighted by molar-refractivity contribution is 9.11. The van der Waals surface area contributed by atoms with Crippen LogP contribution < -0.4 is 5.73 Å². The molecule has 2 N–H and O–H groups in total. The molecule has 0 unspecified atom stereocenters. The van der Waals surface area contributed by atoms with Gasteiger partial charge in [-0.2, -0.15) is 0 Å². The zero-order valence-electron chi connectivity index (χ0n) is 6.67. The second-order valence-electron chi connectivity index (χ2n) is 2.12. The van der Waals surface area contributed by atoms with Crippen molar-refractivity contribution in [3.63, 3.8) is 0 Å².